The molecular weight excluding hydrogens is 107 g/mol. The summed E-state index contributed by atoms with van der Waals surface area (Å²) in [6, 6.07) is 0. The first-order chi connectivity index (χ1) is 3.13. The van der Waals surface area contributed by atoms with Crippen LogP contribution in [-0.4, -0.2) is 18.1 Å². The van der Waals surface area contributed by atoms with Crippen LogP contribution >= 0.6 is 0 Å². The molecule has 44 valence electrons. The molecule has 0 saturated heterocycles. The second-order valence-corrected chi connectivity index (χ2v) is 1.27. The molecule has 0 heterocycles. The second kappa shape index (κ2) is 2.85. The molecule has 0 spiro atoms. The van der Waals surface area contributed by atoms with Gasteiger partial charge in [-0.15, -0.1) is 8.96 Å². The van der Waals surface area contributed by atoms with E-state index in [2.05, 4.69) is 0 Å². The lowest BCUT2D eigenvalue weighted by molar-refractivity contribution is -0.162. The highest BCUT2D eigenvalue weighted by Crippen LogP contribution is 1.94. The normalized spacial score (nSPS) is 15.0. The van der Waals surface area contributed by atoms with Crippen LogP contribution in [0.4, 0.5) is 13.4 Å². The van der Waals surface area contributed by atoms with Crippen LogP contribution < -0.4 is 0 Å². The predicted octanol–water partition coefficient (Wildman–Crippen LogP) is 1.42. The third-order valence-electron chi connectivity index (χ3n) is 0.390. The Morgan fingerprint density at radius 1 is 1.57 bits per heavy atom. The smallest absolute Gasteiger partial charge is 0.115 e. The fraction of sp³-hybridized carbons (Fsp3) is 1.00. The van der Waals surface area contributed by atoms with Gasteiger partial charge in [0, 0.05) is 5.34 Å². The van der Waals surface area contributed by atoms with E-state index in [0.29, 0.717) is 0 Å². The number of nitrogens with zero attached hydrogens (tertiary/aromatic N) is 1. The molecule has 1 atom stereocenters. The maximum absolute atomic E-state index is 11.4. The summed E-state index contributed by atoms with van der Waals surface area (Å²) in [6.07, 6.45) is -1.45. The number of alkyl halides is 1. The molecule has 0 aliphatic carbocycles. The van der Waals surface area contributed by atoms with Gasteiger partial charge in [0.15, 0.2) is 0 Å². The molecule has 0 aliphatic rings. The van der Waals surface area contributed by atoms with Gasteiger partial charge >= 0.3 is 0 Å². The van der Waals surface area contributed by atoms with E-state index < -0.39 is 18.1 Å². The average molecular weight is 113 g/mol. The maximum Gasteiger partial charge on any atom is 0.115 e. The van der Waals surface area contributed by atoms with Gasteiger partial charge in [-0.2, -0.15) is 0 Å². The predicted molar refractivity (Wildman–Crippen MR) is 19.5 cm³/mol. The molecule has 7 heavy (non-hydrogen) atoms. The quantitative estimate of drug-likeness (QED) is 0.489. The minimum Gasteiger partial charge on any atom is -0.246 e. The highest BCUT2D eigenvalue weighted by Gasteiger charge is 2.04. The van der Waals surface area contributed by atoms with Crippen molar-refractivity contribution in [3.05, 3.63) is 0 Å². The largest absolute Gasteiger partial charge is 0.246 e. The van der Waals surface area contributed by atoms with Crippen molar-refractivity contribution >= 4 is 0 Å². The van der Waals surface area contributed by atoms with E-state index in [1.807, 2.05) is 0 Å². The van der Waals surface area contributed by atoms with Crippen LogP contribution in [0, 0.1) is 0 Å². The monoisotopic (exact) mass is 113 g/mol. The number of hydrogen-bond acceptors (Lipinski definition) is 1. The first kappa shape index (κ1) is 6.75. The second-order valence-electron chi connectivity index (χ2n) is 1.27. The molecule has 0 N–H and O–H groups in total. The van der Waals surface area contributed by atoms with Gasteiger partial charge in [0.05, 0.1) is 6.54 Å². The van der Waals surface area contributed by atoms with Crippen LogP contribution in [0.2, 0.25) is 0 Å². The molecule has 1 unspecified atom stereocenters. The highest BCUT2D eigenvalue weighted by molar-refractivity contribution is 4.42. The lowest BCUT2D eigenvalue weighted by Crippen LogP contribution is -2.12. The summed E-state index contributed by atoms with van der Waals surface area (Å²) in [6.45, 7) is 0.270. The Morgan fingerprint density at radius 3 is 2.00 bits per heavy atom. The Balaban J connectivity index is 2.95. The van der Waals surface area contributed by atoms with E-state index in [-0.39, 0.29) is 0 Å². The van der Waals surface area contributed by atoms with E-state index >= 15 is 0 Å². The van der Waals surface area contributed by atoms with Gasteiger partial charge < -0.3 is 0 Å². The fourth-order valence-corrected chi connectivity index (χ4v) is 0.190. The molecule has 0 amide bonds. The third kappa shape index (κ3) is 5.75. The van der Waals surface area contributed by atoms with Gasteiger partial charge in [-0.1, -0.05) is 0 Å². The van der Waals surface area contributed by atoms with Crippen LogP contribution in [0.1, 0.15) is 6.92 Å². The van der Waals surface area contributed by atoms with E-state index in [0.717, 1.165) is 6.92 Å². The van der Waals surface area contributed by atoms with Crippen molar-refractivity contribution in [1.82, 2.24) is 5.34 Å². The van der Waals surface area contributed by atoms with Gasteiger partial charge in [-0.3, -0.25) is 0 Å². The fourth-order valence-electron chi connectivity index (χ4n) is 0.190. The van der Waals surface area contributed by atoms with E-state index in [1.54, 1.807) is 0 Å². The zero-order valence-corrected chi connectivity index (χ0v) is 3.87. The van der Waals surface area contributed by atoms with E-state index in [1.165, 1.54) is 0 Å². The van der Waals surface area contributed by atoms with Crippen molar-refractivity contribution in [3.8, 4) is 0 Å². The summed E-state index contributed by atoms with van der Waals surface area (Å²) >= 11 is 0. The summed E-state index contributed by atoms with van der Waals surface area (Å²) in [5, 5.41) is -1.18. The van der Waals surface area contributed by atoms with E-state index in [4.69, 9.17) is 0 Å². The van der Waals surface area contributed by atoms with Crippen molar-refractivity contribution in [2.45, 2.75) is 13.1 Å². The van der Waals surface area contributed by atoms with Crippen LogP contribution in [0.5, 0.6) is 0 Å². The molecule has 0 aromatic heterocycles. The van der Waals surface area contributed by atoms with Gasteiger partial charge in [-0.25, -0.2) is 4.39 Å². The molecule has 0 radical (unpaired) electrons. The first-order valence-electron chi connectivity index (χ1n) is 1.86. The lowest BCUT2D eigenvalue weighted by Gasteiger charge is -1.98. The summed E-state index contributed by atoms with van der Waals surface area (Å²) < 4.78 is 33.2. The van der Waals surface area contributed by atoms with Crippen LogP contribution in [0.25, 0.3) is 0 Å². The average Bonchev–Trinajstić information content (AvgIpc) is 1.27. The Kier molecular flexibility index (Phi) is 2.75. The van der Waals surface area contributed by atoms with E-state index in [9.17, 15) is 13.4 Å². The maximum atomic E-state index is 11.4. The topological polar surface area (TPSA) is 3.24 Å². The molecule has 0 aromatic rings. The van der Waals surface area contributed by atoms with Gasteiger partial charge in [0.2, 0.25) is 0 Å². The molecule has 0 saturated carbocycles. The Labute approximate surface area is 39.6 Å². The number of hydrogen-bond donors (Lipinski definition) is 0. The van der Waals surface area contributed by atoms with Crippen LogP contribution in [0.3, 0.4) is 0 Å². The van der Waals surface area contributed by atoms with Crippen molar-refractivity contribution < 1.29 is 13.4 Å². The van der Waals surface area contributed by atoms with Crippen molar-refractivity contribution in [2.24, 2.45) is 0 Å². The van der Waals surface area contributed by atoms with Gasteiger partial charge in [0.25, 0.3) is 0 Å². The minimum absolute atomic E-state index is 0.806. The zero-order valence-electron chi connectivity index (χ0n) is 3.87. The lowest BCUT2D eigenvalue weighted by atomic mass is 10.5. The van der Waals surface area contributed by atoms with Gasteiger partial charge in [-0.05, 0) is 6.92 Å². The molecule has 0 fully saturated rings. The SMILES string of the molecule is CC(F)CN(F)F. The Morgan fingerprint density at radius 2 is 2.00 bits per heavy atom. The first-order valence-corrected chi connectivity index (χ1v) is 1.86. The summed E-state index contributed by atoms with van der Waals surface area (Å²) in [4.78, 5) is 0. The Bertz CT molecular complexity index is 39.4. The summed E-state index contributed by atoms with van der Waals surface area (Å²) in [5.74, 6) is 0. The molecule has 1 nitrogen and oxygen atoms in total. The van der Waals surface area contributed by atoms with Crippen LogP contribution in [-0.2, 0) is 0 Å². The van der Waals surface area contributed by atoms with Crippen molar-refractivity contribution in [1.29, 1.82) is 0 Å². The zero-order chi connectivity index (χ0) is 5.86. The van der Waals surface area contributed by atoms with Crippen molar-refractivity contribution in [3.63, 3.8) is 0 Å². The molecule has 0 aromatic carbocycles. The Hall–Kier alpha value is -0.250. The highest BCUT2D eigenvalue weighted by atomic mass is 19.4. The van der Waals surface area contributed by atoms with Gasteiger partial charge in [0.1, 0.15) is 6.17 Å². The van der Waals surface area contributed by atoms with Crippen LogP contribution in [0.15, 0.2) is 0 Å². The van der Waals surface area contributed by atoms with Crippen molar-refractivity contribution in [2.75, 3.05) is 6.54 Å². The summed E-state index contributed by atoms with van der Waals surface area (Å²) in [7, 11) is 0. The summed E-state index contributed by atoms with van der Waals surface area (Å²) in [5.41, 5.74) is 0. The molecule has 0 bridgehead atoms. The minimum atomic E-state index is -1.45. The molecular formula is C3H6F3N. The standard InChI is InChI=1S/C3H6F3N/c1-3(4)2-7(5)6/h3H,2H2,1H3. The number of rotatable bonds is 2. The molecule has 0 aliphatic heterocycles. The number of halogens is 3. The molecule has 0 rings (SSSR count). The third-order valence-corrected chi connectivity index (χ3v) is 0.390. The molecule has 4 heteroatoms.